The van der Waals surface area contributed by atoms with Gasteiger partial charge in [0, 0.05) is 5.54 Å². The minimum atomic E-state index is -4.00. The van der Waals surface area contributed by atoms with Crippen molar-refractivity contribution in [3.63, 3.8) is 0 Å². The van der Waals surface area contributed by atoms with Crippen molar-refractivity contribution in [3.8, 4) is 0 Å². The number of hydrogen-bond acceptors (Lipinski definition) is 6. The topological polar surface area (TPSA) is 147 Å². The normalized spacial score (nSPS) is 15.2. The quantitative estimate of drug-likeness (QED) is 0.408. The molecule has 0 aromatic heterocycles. The Bertz CT molecular complexity index is 1110. The number of nitrogens with one attached hydrogen (secondary N) is 1. The van der Waals surface area contributed by atoms with E-state index in [1.807, 2.05) is 6.07 Å². The van der Waals surface area contributed by atoms with E-state index in [1.165, 1.54) is 29.8 Å². The Morgan fingerprint density at radius 1 is 0.636 bits per heavy atom. The van der Waals surface area contributed by atoms with Crippen LogP contribution in [0, 0.1) is 0 Å². The molecule has 0 spiro atoms. The molecule has 3 aromatic rings. The lowest BCUT2D eigenvalue weighted by atomic mass is 9.83. The zero-order valence-electron chi connectivity index (χ0n) is 17.9. The van der Waals surface area contributed by atoms with Crippen molar-refractivity contribution in [2.75, 3.05) is 13.1 Å². The summed E-state index contributed by atoms with van der Waals surface area (Å²) in [6.45, 7) is 2.07. The Kier molecular flexibility index (Phi) is 9.71. The first kappa shape index (κ1) is 26.7. The van der Waals surface area contributed by atoms with Gasteiger partial charge >= 0.3 is 0 Å². The molecule has 33 heavy (non-hydrogen) atoms. The first-order chi connectivity index (χ1) is 15.5. The molecule has 0 saturated carbocycles. The Morgan fingerprint density at radius 2 is 0.970 bits per heavy atom. The van der Waals surface area contributed by atoms with E-state index < -0.39 is 20.2 Å². The first-order valence-corrected chi connectivity index (χ1v) is 13.0. The van der Waals surface area contributed by atoms with Gasteiger partial charge in [0.15, 0.2) is 0 Å². The lowest BCUT2D eigenvalue weighted by Gasteiger charge is -2.34. The van der Waals surface area contributed by atoms with Crippen LogP contribution in [0.4, 0.5) is 0 Å². The second-order valence-electron chi connectivity index (χ2n) is 7.35. The third kappa shape index (κ3) is 9.04. The van der Waals surface area contributed by atoms with E-state index in [-0.39, 0.29) is 15.3 Å². The van der Waals surface area contributed by atoms with Crippen molar-refractivity contribution in [1.82, 2.24) is 5.32 Å². The number of benzene rings is 3. The average molecular weight is 493 g/mol. The van der Waals surface area contributed by atoms with E-state index in [0.29, 0.717) is 0 Å². The summed E-state index contributed by atoms with van der Waals surface area (Å²) in [6, 6.07) is 25.3. The standard InChI is InChI=1S/C11H16N2.2C6H6O3S/c12-11(6-8-13-9-7-11)10-4-2-1-3-5-10;2*7-10(8,9)6-4-2-1-3-5-6/h1-5,13H,6-9,12H2;2*1-5H,(H,7,8,9). The number of piperidine rings is 1. The predicted molar refractivity (Wildman–Crippen MR) is 127 cm³/mol. The number of hydrogen-bond donors (Lipinski definition) is 4. The minimum absolute atomic E-state index is 0.0741. The van der Waals surface area contributed by atoms with Crippen LogP contribution in [-0.4, -0.2) is 39.0 Å². The molecule has 0 unspecified atom stereocenters. The molecule has 4 rings (SSSR count). The van der Waals surface area contributed by atoms with E-state index in [0.717, 1.165) is 25.9 Å². The Morgan fingerprint density at radius 3 is 1.27 bits per heavy atom. The van der Waals surface area contributed by atoms with E-state index in [2.05, 4.69) is 29.6 Å². The van der Waals surface area contributed by atoms with E-state index in [4.69, 9.17) is 14.8 Å². The van der Waals surface area contributed by atoms with Gasteiger partial charge in [-0.2, -0.15) is 16.8 Å². The predicted octanol–water partition coefficient (Wildman–Crippen LogP) is 3.09. The van der Waals surface area contributed by atoms with Gasteiger partial charge in [-0.05, 0) is 55.8 Å². The third-order valence-corrected chi connectivity index (χ3v) is 6.66. The zero-order chi connectivity index (χ0) is 24.4. The molecule has 10 heteroatoms. The minimum Gasteiger partial charge on any atom is -0.321 e. The highest BCUT2D eigenvalue weighted by atomic mass is 32.2. The SMILES string of the molecule is NC1(c2ccccc2)CCNCC1.O=S(=O)(O)c1ccccc1.O=S(=O)(O)c1ccccc1. The Labute approximate surface area is 195 Å². The fourth-order valence-electron chi connectivity index (χ4n) is 3.12. The third-order valence-electron chi connectivity index (χ3n) is 4.93. The smallest absolute Gasteiger partial charge is 0.294 e. The molecule has 3 aromatic carbocycles. The molecule has 0 radical (unpaired) electrons. The van der Waals surface area contributed by atoms with Crippen molar-refractivity contribution >= 4 is 20.2 Å². The second-order valence-corrected chi connectivity index (χ2v) is 10.2. The molecule has 1 saturated heterocycles. The maximum Gasteiger partial charge on any atom is 0.294 e. The summed E-state index contributed by atoms with van der Waals surface area (Å²) >= 11 is 0. The van der Waals surface area contributed by atoms with Crippen LogP contribution in [-0.2, 0) is 25.8 Å². The number of rotatable bonds is 3. The van der Waals surface area contributed by atoms with Crippen molar-refractivity contribution in [1.29, 1.82) is 0 Å². The van der Waals surface area contributed by atoms with Crippen molar-refractivity contribution < 1.29 is 25.9 Å². The van der Waals surface area contributed by atoms with Crippen molar-refractivity contribution in [3.05, 3.63) is 96.6 Å². The number of nitrogens with two attached hydrogens (primary N) is 1. The summed E-state index contributed by atoms with van der Waals surface area (Å²) in [5, 5.41) is 3.33. The van der Waals surface area contributed by atoms with Crippen LogP contribution in [0.1, 0.15) is 18.4 Å². The van der Waals surface area contributed by atoms with Gasteiger partial charge in [-0.25, -0.2) is 0 Å². The van der Waals surface area contributed by atoms with Crippen molar-refractivity contribution in [2.24, 2.45) is 5.73 Å². The van der Waals surface area contributed by atoms with Gasteiger partial charge in [0.25, 0.3) is 20.2 Å². The fourth-order valence-corrected chi connectivity index (χ4v) is 4.12. The molecule has 178 valence electrons. The van der Waals surface area contributed by atoms with Gasteiger partial charge in [0.2, 0.25) is 0 Å². The van der Waals surface area contributed by atoms with Crippen LogP contribution in [0.15, 0.2) is 101 Å². The first-order valence-electron chi connectivity index (χ1n) is 10.1. The summed E-state index contributed by atoms with van der Waals surface area (Å²) < 4.78 is 58.5. The molecule has 1 aliphatic heterocycles. The monoisotopic (exact) mass is 492 g/mol. The van der Waals surface area contributed by atoms with E-state index in [1.54, 1.807) is 36.4 Å². The molecule has 1 fully saturated rings. The van der Waals surface area contributed by atoms with Gasteiger partial charge in [0.1, 0.15) is 0 Å². The maximum atomic E-state index is 10.4. The molecule has 1 aliphatic rings. The van der Waals surface area contributed by atoms with E-state index in [9.17, 15) is 16.8 Å². The summed E-state index contributed by atoms with van der Waals surface area (Å²) in [6.07, 6.45) is 2.08. The van der Waals surface area contributed by atoms with Gasteiger partial charge in [-0.15, -0.1) is 0 Å². The van der Waals surface area contributed by atoms with Crippen LogP contribution in [0.5, 0.6) is 0 Å². The highest BCUT2D eigenvalue weighted by Gasteiger charge is 2.28. The molecule has 5 N–H and O–H groups in total. The summed E-state index contributed by atoms with van der Waals surface area (Å²) in [7, 11) is -8.01. The molecule has 0 aliphatic carbocycles. The average Bonchev–Trinajstić information content (AvgIpc) is 2.81. The van der Waals surface area contributed by atoms with E-state index >= 15 is 0 Å². The van der Waals surface area contributed by atoms with Crippen LogP contribution in [0.2, 0.25) is 0 Å². The molecule has 1 heterocycles. The van der Waals surface area contributed by atoms with Crippen LogP contribution in [0.3, 0.4) is 0 Å². The summed E-state index contributed by atoms with van der Waals surface area (Å²) in [5.41, 5.74) is 7.52. The largest absolute Gasteiger partial charge is 0.321 e. The molecule has 0 atom stereocenters. The van der Waals surface area contributed by atoms with Crippen LogP contribution >= 0.6 is 0 Å². The highest BCUT2D eigenvalue weighted by molar-refractivity contribution is 7.86. The Hall–Kier alpha value is -2.60. The molecule has 0 amide bonds. The maximum absolute atomic E-state index is 10.4. The Balaban J connectivity index is 0.000000178. The van der Waals surface area contributed by atoms with Gasteiger partial charge < -0.3 is 11.1 Å². The lowest BCUT2D eigenvalue weighted by Crippen LogP contribution is -2.46. The van der Waals surface area contributed by atoms with Crippen LogP contribution in [0.25, 0.3) is 0 Å². The molecule has 0 bridgehead atoms. The zero-order valence-corrected chi connectivity index (χ0v) is 19.5. The summed E-state index contributed by atoms with van der Waals surface area (Å²) in [5.74, 6) is 0. The van der Waals surface area contributed by atoms with Gasteiger partial charge in [-0.1, -0.05) is 66.7 Å². The van der Waals surface area contributed by atoms with Crippen molar-refractivity contribution in [2.45, 2.75) is 28.2 Å². The molecule has 8 nitrogen and oxygen atoms in total. The molecular formula is C23H28N2O6S2. The summed E-state index contributed by atoms with van der Waals surface area (Å²) in [4.78, 5) is -0.148. The molecular weight excluding hydrogens is 464 g/mol. The van der Waals surface area contributed by atoms with Gasteiger partial charge in [0.05, 0.1) is 9.79 Å². The highest BCUT2D eigenvalue weighted by Crippen LogP contribution is 2.27. The van der Waals surface area contributed by atoms with Gasteiger partial charge in [-0.3, -0.25) is 9.11 Å². The fraction of sp³-hybridized carbons (Fsp3) is 0.217. The lowest BCUT2D eigenvalue weighted by molar-refractivity contribution is 0.317. The second kappa shape index (κ2) is 12.0. The van der Waals surface area contributed by atoms with Crippen LogP contribution < -0.4 is 11.1 Å².